The summed E-state index contributed by atoms with van der Waals surface area (Å²) >= 11 is 0. The molecule has 0 aromatic heterocycles. The number of hydrogen-bond donors (Lipinski definition) is 1. The Morgan fingerprint density at radius 2 is 1.46 bits per heavy atom. The van der Waals surface area contributed by atoms with Crippen LogP contribution < -0.4 is 5.32 Å². The highest BCUT2D eigenvalue weighted by Gasteiger charge is 2.55. The van der Waals surface area contributed by atoms with Crippen molar-refractivity contribution in [3.8, 4) is 0 Å². The van der Waals surface area contributed by atoms with Gasteiger partial charge in [0.05, 0.1) is 12.2 Å². The third-order valence-corrected chi connectivity index (χ3v) is 16.8. The SMILES string of the molecule is CNC(=O)C1C(O[Si](C)(C)C(C)(C)C)C2CCN1CC2O[Si](C)(C)C(C)(C)C. The molecule has 3 heterocycles. The molecule has 2 bridgehead atoms. The molecule has 0 aliphatic carbocycles. The molecule has 164 valence electrons. The Morgan fingerprint density at radius 1 is 0.964 bits per heavy atom. The molecule has 3 saturated heterocycles. The summed E-state index contributed by atoms with van der Waals surface area (Å²) in [5, 5.41) is 3.17. The lowest BCUT2D eigenvalue weighted by Gasteiger charge is -2.57. The van der Waals surface area contributed by atoms with Gasteiger partial charge in [0.1, 0.15) is 6.04 Å². The molecule has 3 aliphatic rings. The average Bonchev–Trinajstić information content (AvgIpc) is 2.51. The molecular formula is C21H44N2O3Si2. The highest BCUT2D eigenvalue weighted by atomic mass is 28.4. The second-order valence-electron chi connectivity index (χ2n) is 11.8. The zero-order valence-electron chi connectivity index (χ0n) is 20.1. The van der Waals surface area contributed by atoms with Gasteiger partial charge in [0, 0.05) is 19.5 Å². The summed E-state index contributed by atoms with van der Waals surface area (Å²) in [5.41, 5.74) is 0. The summed E-state index contributed by atoms with van der Waals surface area (Å²) in [6.07, 6.45) is 1.12. The molecule has 5 unspecified atom stereocenters. The third-order valence-electron chi connectivity index (χ3n) is 7.77. The second-order valence-corrected chi connectivity index (χ2v) is 21.3. The zero-order valence-corrected chi connectivity index (χ0v) is 22.1. The molecule has 5 atom stereocenters. The van der Waals surface area contributed by atoms with Crippen molar-refractivity contribution in [2.45, 2.75) is 102 Å². The van der Waals surface area contributed by atoms with Crippen LogP contribution >= 0.6 is 0 Å². The molecule has 0 aromatic carbocycles. The number of hydrogen-bond acceptors (Lipinski definition) is 4. The van der Waals surface area contributed by atoms with Gasteiger partial charge in [0.15, 0.2) is 16.6 Å². The van der Waals surface area contributed by atoms with E-state index in [2.05, 4.69) is 77.9 Å². The maximum Gasteiger partial charge on any atom is 0.239 e. The minimum Gasteiger partial charge on any atom is -0.412 e. The minimum atomic E-state index is -2.01. The minimum absolute atomic E-state index is 0.0826. The number of carbonyl (C=O) groups excluding carboxylic acids is 1. The Balaban J connectivity index is 2.34. The van der Waals surface area contributed by atoms with E-state index in [1.807, 2.05) is 0 Å². The fourth-order valence-electron chi connectivity index (χ4n) is 3.84. The Morgan fingerprint density at radius 3 is 1.93 bits per heavy atom. The molecule has 0 radical (unpaired) electrons. The number of amides is 1. The molecule has 5 nitrogen and oxygen atoms in total. The van der Waals surface area contributed by atoms with Gasteiger partial charge in [-0.15, -0.1) is 0 Å². The summed E-state index contributed by atoms with van der Waals surface area (Å²) in [6, 6.07) is -0.197. The summed E-state index contributed by atoms with van der Waals surface area (Å²) in [4.78, 5) is 15.1. The molecule has 7 heteroatoms. The van der Waals surface area contributed by atoms with Crippen molar-refractivity contribution in [1.29, 1.82) is 0 Å². The van der Waals surface area contributed by atoms with Gasteiger partial charge >= 0.3 is 0 Å². The van der Waals surface area contributed by atoms with Crippen molar-refractivity contribution >= 4 is 22.5 Å². The highest BCUT2D eigenvalue weighted by molar-refractivity contribution is 6.74. The van der Waals surface area contributed by atoms with Crippen molar-refractivity contribution < 1.29 is 13.6 Å². The van der Waals surface area contributed by atoms with Crippen molar-refractivity contribution in [3.05, 3.63) is 0 Å². The quantitative estimate of drug-likeness (QED) is 0.666. The predicted molar refractivity (Wildman–Crippen MR) is 122 cm³/mol. The van der Waals surface area contributed by atoms with E-state index in [-0.39, 0.29) is 40.2 Å². The molecule has 0 saturated carbocycles. The van der Waals surface area contributed by atoms with E-state index in [1.165, 1.54) is 0 Å². The monoisotopic (exact) mass is 428 g/mol. The summed E-state index contributed by atoms with van der Waals surface area (Å²) in [5.74, 6) is 0.370. The van der Waals surface area contributed by atoms with E-state index < -0.39 is 16.6 Å². The predicted octanol–water partition coefficient (Wildman–Crippen LogP) is 4.22. The molecule has 3 fully saturated rings. The van der Waals surface area contributed by atoms with Gasteiger partial charge in [0.25, 0.3) is 0 Å². The van der Waals surface area contributed by atoms with Gasteiger partial charge < -0.3 is 14.2 Å². The van der Waals surface area contributed by atoms with Crippen molar-refractivity contribution in [2.75, 3.05) is 20.1 Å². The first-order chi connectivity index (χ1) is 12.5. The lowest BCUT2D eigenvalue weighted by atomic mass is 9.78. The lowest BCUT2D eigenvalue weighted by Crippen LogP contribution is -2.71. The van der Waals surface area contributed by atoms with Crippen LogP contribution in [0.2, 0.25) is 36.3 Å². The maximum atomic E-state index is 12.8. The number of rotatable bonds is 5. The number of fused-ring (bicyclic) bond motifs is 3. The zero-order chi connectivity index (χ0) is 21.7. The molecule has 3 rings (SSSR count). The molecule has 1 N–H and O–H groups in total. The van der Waals surface area contributed by atoms with Gasteiger partial charge in [-0.3, -0.25) is 9.69 Å². The molecular weight excluding hydrogens is 384 g/mol. The number of nitrogens with one attached hydrogen (secondary N) is 1. The first kappa shape index (κ1) is 24.1. The summed E-state index contributed by atoms with van der Waals surface area (Å²) < 4.78 is 13.8. The highest BCUT2D eigenvalue weighted by Crippen LogP contribution is 2.45. The fraction of sp³-hybridized carbons (Fsp3) is 0.952. The van der Waals surface area contributed by atoms with Gasteiger partial charge in [-0.2, -0.15) is 0 Å². The number of nitrogens with zero attached hydrogens (tertiary/aromatic N) is 1. The lowest BCUT2D eigenvalue weighted by molar-refractivity contribution is -0.153. The van der Waals surface area contributed by atoms with E-state index in [4.69, 9.17) is 8.85 Å². The van der Waals surface area contributed by atoms with Crippen molar-refractivity contribution in [1.82, 2.24) is 10.2 Å². The summed E-state index contributed by atoms with van der Waals surface area (Å²) in [6.45, 7) is 24.7. The standard InChI is InChI=1S/C21H44N2O3Si2/c1-20(2,3)27(8,9)25-16-14-23-13-12-15(16)18(17(23)19(24)22-7)26-28(10,11)21(4,5)6/h15-18H,12-14H2,1-11H3,(H,22,24). The van der Waals surface area contributed by atoms with Crippen LogP contribution in [0, 0.1) is 5.92 Å². The van der Waals surface area contributed by atoms with Crippen LogP contribution in [0.1, 0.15) is 48.0 Å². The van der Waals surface area contributed by atoms with Crippen LogP contribution in [-0.4, -0.2) is 65.8 Å². The average molecular weight is 429 g/mol. The van der Waals surface area contributed by atoms with E-state index in [0.29, 0.717) is 0 Å². The maximum absolute atomic E-state index is 12.8. The Labute approximate surface area is 175 Å². The van der Waals surface area contributed by atoms with E-state index in [9.17, 15) is 4.79 Å². The topological polar surface area (TPSA) is 50.8 Å². The van der Waals surface area contributed by atoms with E-state index in [1.54, 1.807) is 7.05 Å². The van der Waals surface area contributed by atoms with E-state index >= 15 is 0 Å². The molecule has 0 aromatic rings. The van der Waals surface area contributed by atoms with Crippen LogP contribution in [0.3, 0.4) is 0 Å². The molecule has 1 amide bonds. The normalized spacial score (nSPS) is 31.8. The molecule has 3 aliphatic heterocycles. The van der Waals surface area contributed by atoms with Crippen LogP contribution in [0.25, 0.3) is 0 Å². The third kappa shape index (κ3) is 4.58. The Kier molecular flexibility index (Phi) is 6.70. The number of likely N-dealkylation sites (N-methyl/N-ethyl adjacent to an activating group) is 1. The van der Waals surface area contributed by atoms with Crippen molar-refractivity contribution in [2.24, 2.45) is 5.92 Å². The van der Waals surface area contributed by atoms with Gasteiger partial charge in [-0.05, 0) is 49.2 Å². The fourth-order valence-corrected chi connectivity index (χ4v) is 6.54. The van der Waals surface area contributed by atoms with Gasteiger partial charge in [-0.25, -0.2) is 0 Å². The molecule has 0 spiro atoms. The van der Waals surface area contributed by atoms with Gasteiger partial charge in [0.2, 0.25) is 5.91 Å². The van der Waals surface area contributed by atoms with Crippen LogP contribution in [0.15, 0.2) is 0 Å². The number of carbonyl (C=O) groups is 1. The summed E-state index contributed by atoms with van der Waals surface area (Å²) in [7, 11) is -2.15. The second kappa shape index (κ2) is 7.80. The smallest absolute Gasteiger partial charge is 0.239 e. The largest absolute Gasteiger partial charge is 0.412 e. The Hall–Kier alpha value is -0.216. The Bertz CT molecular complexity index is 581. The molecule has 28 heavy (non-hydrogen) atoms. The van der Waals surface area contributed by atoms with Gasteiger partial charge in [-0.1, -0.05) is 41.5 Å². The van der Waals surface area contributed by atoms with Crippen molar-refractivity contribution in [3.63, 3.8) is 0 Å². The van der Waals surface area contributed by atoms with E-state index in [0.717, 1.165) is 19.5 Å². The van der Waals surface area contributed by atoms with Crippen LogP contribution in [-0.2, 0) is 13.6 Å². The number of piperidine rings is 3. The first-order valence-corrected chi connectivity index (χ1v) is 16.6. The first-order valence-electron chi connectivity index (χ1n) is 10.8. The van der Waals surface area contributed by atoms with Crippen LogP contribution in [0.5, 0.6) is 0 Å². The van der Waals surface area contributed by atoms with Crippen LogP contribution in [0.4, 0.5) is 0 Å².